The van der Waals surface area contributed by atoms with Crippen LogP contribution in [-0.2, 0) is 31.7 Å². The van der Waals surface area contributed by atoms with Gasteiger partial charge in [0.05, 0.1) is 10.8 Å². The van der Waals surface area contributed by atoms with Gasteiger partial charge in [-0.3, -0.25) is 4.21 Å². The topological polar surface area (TPSA) is 44.8 Å². The third-order valence-corrected chi connectivity index (χ3v) is 5.64. The average molecular weight is 294 g/mol. The molecule has 0 unspecified atom stereocenters. The van der Waals surface area contributed by atoms with Crippen molar-refractivity contribution in [1.29, 1.82) is 0 Å². The first kappa shape index (κ1) is 14.8. The Morgan fingerprint density at radius 2 is 1.88 bits per heavy atom. The molecule has 0 aromatic heterocycles. The van der Waals surface area contributed by atoms with E-state index in [0.717, 1.165) is 10.5 Å². The maximum absolute atomic E-state index is 11.4. The highest BCUT2D eigenvalue weighted by atomic mass is 32.5. The Labute approximate surface area is 109 Å². The first-order valence-corrected chi connectivity index (χ1v) is 8.88. The lowest BCUT2D eigenvalue weighted by molar-refractivity contribution is 0.273. The molecule has 0 spiro atoms. The van der Waals surface area contributed by atoms with Gasteiger partial charge in [0.15, 0.2) is 0 Å². The van der Waals surface area contributed by atoms with Gasteiger partial charge in [-0.15, -0.1) is 0 Å². The summed E-state index contributed by atoms with van der Waals surface area (Å²) in [4.78, 5) is 0.778. The molecule has 96 valence electrons. The van der Waals surface area contributed by atoms with Crippen molar-refractivity contribution >= 4 is 29.3 Å². The number of rotatable bonds is 5. The van der Waals surface area contributed by atoms with E-state index in [4.69, 9.17) is 25.4 Å². The highest BCUT2D eigenvalue weighted by Gasteiger charge is 2.18. The van der Waals surface area contributed by atoms with Crippen molar-refractivity contribution in [2.24, 2.45) is 0 Å². The highest BCUT2D eigenvalue weighted by molar-refractivity contribution is 8.07. The second kappa shape index (κ2) is 6.07. The lowest BCUT2D eigenvalue weighted by atomic mass is 10.2. The first-order chi connectivity index (χ1) is 7.91. The molecule has 0 heterocycles. The van der Waals surface area contributed by atoms with E-state index < -0.39 is 17.5 Å². The standard InChI is InChI=1S/C10H15O4PS2/c1-8-7-9(5-6-10(8)17(4)11)14-15(16,12-2)13-3/h5-7H,1-4H3/t17-/m1/s1. The zero-order chi connectivity index (χ0) is 13.1. The van der Waals surface area contributed by atoms with Gasteiger partial charge in [-0.25, -0.2) is 0 Å². The first-order valence-electron chi connectivity index (χ1n) is 4.77. The largest absolute Gasteiger partial charge is 0.424 e. The van der Waals surface area contributed by atoms with Crippen molar-refractivity contribution in [3.8, 4) is 5.75 Å². The highest BCUT2D eigenvalue weighted by Crippen LogP contribution is 2.48. The van der Waals surface area contributed by atoms with E-state index >= 15 is 0 Å². The Balaban J connectivity index is 2.99. The van der Waals surface area contributed by atoms with E-state index in [2.05, 4.69) is 0 Å². The molecule has 0 aliphatic carbocycles. The normalized spacial score (nSPS) is 13.4. The molecule has 1 aromatic carbocycles. The second-order valence-corrected chi connectivity index (χ2v) is 7.78. The van der Waals surface area contributed by atoms with Crippen molar-refractivity contribution < 1.29 is 17.8 Å². The molecular formula is C10H15O4PS2. The summed E-state index contributed by atoms with van der Waals surface area (Å²) in [6, 6.07) is 5.24. The van der Waals surface area contributed by atoms with E-state index in [9.17, 15) is 4.21 Å². The summed E-state index contributed by atoms with van der Waals surface area (Å²) in [6.07, 6.45) is 1.64. The molecule has 0 N–H and O–H groups in total. The van der Waals surface area contributed by atoms with Crippen LogP contribution in [0.3, 0.4) is 0 Å². The minimum absolute atomic E-state index is 0.559. The van der Waals surface area contributed by atoms with Crippen molar-refractivity contribution in [2.75, 3.05) is 20.5 Å². The van der Waals surface area contributed by atoms with E-state index in [1.54, 1.807) is 24.5 Å². The van der Waals surface area contributed by atoms with Crippen LogP contribution in [0.15, 0.2) is 23.1 Å². The summed E-state index contributed by atoms with van der Waals surface area (Å²) >= 11 is 5.10. The Morgan fingerprint density at radius 1 is 1.29 bits per heavy atom. The minimum Gasteiger partial charge on any atom is -0.424 e. The van der Waals surface area contributed by atoms with Crippen molar-refractivity contribution in [3.63, 3.8) is 0 Å². The maximum Gasteiger partial charge on any atom is 0.380 e. The van der Waals surface area contributed by atoms with Crippen LogP contribution >= 0.6 is 6.72 Å². The van der Waals surface area contributed by atoms with Gasteiger partial charge in [0.2, 0.25) is 0 Å². The Bertz CT molecular complexity index is 467. The van der Waals surface area contributed by atoms with Crippen molar-refractivity contribution in [3.05, 3.63) is 23.8 Å². The average Bonchev–Trinajstić information content (AvgIpc) is 2.28. The number of hydrogen-bond acceptors (Lipinski definition) is 5. The molecular weight excluding hydrogens is 279 g/mol. The van der Waals surface area contributed by atoms with E-state index in [1.165, 1.54) is 14.2 Å². The summed E-state index contributed by atoms with van der Waals surface area (Å²) in [6.45, 7) is -0.836. The van der Waals surface area contributed by atoms with Crippen LogP contribution in [0.25, 0.3) is 0 Å². The van der Waals surface area contributed by atoms with E-state index in [-0.39, 0.29) is 0 Å². The zero-order valence-electron chi connectivity index (χ0n) is 10.1. The summed E-state index contributed by atoms with van der Waals surface area (Å²) in [5, 5.41) is 0. The molecule has 0 saturated carbocycles. The minimum atomic E-state index is -2.70. The van der Waals surface area contributed by atoms with Gasteiger partial charge in [-0.05, 0) is 30.7 Å². The molecule has 0 amide bonds. The van der Waals surface area contributed by atoms with Crippen LogP contribution in [0.4, 0.5) is 0 Å². The third kappa shape index (κ3) is 3.86. The van der Waals surface area contributed by atoms with Gasteiger partial charge < -0.3 is 13.6 Å². The van der Waals surface area contributed by atoms with Crippen LogP contribution in [0, 0.1) is 6.92 Å². The Morgan fingerprint density at radius 3 is 2.29 bits per heavy atom. The summed E-state index contributed by atoms with van der Waals surface area (Å²) < 4.78 is 26.9. The van der Waals surface area contributed by atoms with Gasteiger partial charge in [-0.1, -0.05) is 0 Å². The Hall–Kier alpha value is -0.260. The SMILES string of the molecule is COP(=S)(OC)Oc1ccc([S@@](C)=O)c(C)c1. The van der Waals surface area contributed by atoms with Gasteiger partial charge in [0.1, 0.15) is 5.75 Å². The predicted molar refractivity (Wildman–Crippen MR) is 72.4 cm³/mol. The fourth-order valence-corrected chi connectivity index (χ4v) is 2.98. The molecule has 0 saturated heterocycles. The predicted octanol–water partition coefficient (Wildman–Crippen LogP) is 2.63. The van der Waals surface area contributed by atoms with Crippen LogP contribution < -0.4 is 4.52 Å². The van der Waals surface area contributed by atoms with Gasteiger partial charge in [0.25, 0.3) is 0 Å². The second-order valence-electron chi connectivity index (χ2n) is 3.29. The molecule has 0 fully saturated rings. The van der Waals surface area contributed by atoms with Crippen molar-refractivity contribution in [1.82, 2.24) is 0 Å². The lowest BCUT2D eigenvalue weighted by Gasteiger charge is -2.18. The molecule has 0 radical (unpaired) electrons. The maximum atomic E-state index is 11.4. The van der Waals surface area contributed by atoms with Gasteiger partial charge in [-0.2, -0.15) is 0 Å². The number of hydrogen-bond donors (Lipinski definition) is 0. The molecule has 1 aromatic rings. The Kier molecular flexibility index (Phi) is 5.28. The molecule has 4 nitrogen and oxygen atoms in total. The molecule has 0 aliphatic heterocycles. The van der Waals surface area contributed by atoms with Crippen LogP contribution in [-0.4, -0.2) is 24.7 Å². The van der Waals surface area contributed by atoms with Gasteiger partial charge >= 0.3 is 6.72 Å². The number of aryl methyl sites for hydroxylation is 1. The fraction of sp³-hybridized carbons (Fsp3) is 0.400. The smallest absolute Gasteiger partial charge is 0.380 e. The summed E-state index contributed by atoms with van der Waals surface area (Å²) in [5.41, 5.74) is 0.886. The zero-order valence-corrected chi connectivity index (χ0v) is 12.7. The molecule has 1 atom stereocenters. The fourth-order valence-electron chi connectivity index (χ4n) is 1.28. The van der Waals surface area contributed by atoms with Crippen molar-refractivity contribution in [2.45, 2.75) is 11.8 Å². The molecule has 17 heavy (non-hydrogen) atoms. The quantitative estimate of drug-likeness (QED) is 0.781. The monoisotopic (exact) mass is 294 g/mol. The molecule has 7 heteroatoms. The molecule has 0 bridgehead atoms. The van der Waals surface area contributed by atoms with E-state index in [0.29, 0.717) is 5.75 Å². The van der Waals surface area contributed by atoms with Crippen LogP contribution in [0.2, 0.25) is 0 Å². The van der Waals surface area contributed by atoms with E-state index in [1.807, 2.05) is 6.92 Å². The van der Waals surface area contributed by atoms with Crippen LogP contribution in [0.1, 0.15) is 5.56 Å². The van der Waals surface area contributed by atoms with Gasteiger partial charge in [0, 0.05) is 37.2 Å². The van der Waals surface area contributed by atoms with Crippen LogP contribution in [0.5, 0.6) is 5.75 Å². The molecule has 1 rings (SSSR count). The number of benzene rings is 1. The molecule has 0 aliphatic rings. The summed E-state index contributed by atoms with van der Waals surface area (Å²) in [5.74, 6) is 0.559. The lowest BCUT2D eigenvalue weighted by Crippen LogP contribution is -1.98. The third-order valence-electron chi connectivity index (χ3n) is 2.12. The summed E-state index contributed by atoms with van der Waals surface area (Å²) in [7, 11) is 1.89.